The minimum Gasteiger partial charge on any atom is -0.256 e. The second-order valence-corrected chi connectivity index (χ2v) is 4.83. The van der Waals surface area contributed by atoms with Gasteiger partial charge in [-0.05, 0) is 24.3 Å². The van der Waals surface area contributed by atoms with Crippen LogP contribution in [0.4, 0.5) is 13.2 Å². The van der Waals surface area contributed by atoms with Crippen LogP contribution in [0.5, 0.6) is 0 Å². The Morgan fingerprint density at radius 3 is 2.38 bits per heavy atom. The molecule has 0 N–H and O–H groups in total. The zero-order valence-electron chi connectivity index (χ0n) is 10.5. The maximum Gasteiger partial charge on any atom is 0.416 e. The zero-order chi connectivity index (χ0) is 15.0. The Hall–Kier alpha value is -2.14. The van der Waals surface area contributed by atoms with Crippen molar-refractivity contribution in [3.63, 3.8) is 0 Å². The molecule has 0 saturated carbocycles. The van der Waals surface area contributed by atoms with Crippen molar-refractivity contribution in [1.82, 2.24) is 9.97 Å². The summed E-state index contributed by atoms with van der Waals surface area (Å²) in [5.41, 5.74) is 1.02. The molecule has 3 rings (SSSR count). The lowest BCUT2D eigenvalue weighted by atomic mass is 10.0. The Balaban J connectivity index is 2.16. The number of hydrogen-bond donors (Lipinski definition) is 0. The number of rotatable bonds is 1. The number of aromatic nitrogens is 2. The molecule has 0 atom stereocenters. The first-order valence-corrected chi connectivity index (χ1v) is 6.42. The lowest BCUT2D eigenvalue weighted by Gasteiger charge is -2.09. The molecule has 3 aromatic rings. The van der Waals surface area contributed by atoms with Gasteiger partial charge in [-0.3, -0.25) is 4.98 Å². The predicted octanol–water partition coefficient (Wildman–Crippen LogP) is 4.97. The monoisotopic (exact) mass is 308 g/mol. The van der Waals surface area contributed by atoms with Crippen LogP contribution in [0.2, 0.25) is 5.15 Å². The molecule has 1 aromatic carbocycles. The van der Waals surface area contributed by atoms with E-state index in [0.29, 0.717) is 16.8 Å². The van der Waals surface area contributed by atoms with Crippen molar-refractivity contribution in [3.8, 4) is 11.3 Å². The second-order valence-electron chi connectivity index (χ2n) is 4.44. The van der Waals surface area contributed by atoms with E-state index < -0.39 is 11.7 Å². The van der Waals surface area contributed by atoms with Crippen LogP contribution < -0.4 is 0 Å². The van der Waals surface area contributed by atoms with Gasteiger partial charge < -0.3 is 0 Å². The number of benzene rings is 1. The molecule has 6 heteroatoms. The molecule has 2 nitrogen and oxygen atoms in total. The van der Waals surface area contributed by atoms with Gasteiger partial charge in [0.25, 0.3) is 0 Å². The molecular weight excluding hydrogens is 301 g/mol. The van der Waals surface area contributed by atoms with Crippen LogP contribution >= 0.6 is 11.6 Å². The van der Waals surface area contributed by atoms with Gasteiger partial charge in [0, 0.05) is 23.2 Å². The first-order valence-electron chi connectivity index (χ1n) is 6.04. The van der Waals surface area contributed by atoms with E-state index in [1.807, 2.05) is 0 Å². The Morgan fingerprint density at radius 1 is 1.00 bits per heavy atom. The van der Waals surface area contributed by atoms with Gasteiger partial charge >= 0.3 is 6.18 Å². The highest BCUT2D eigenvalue weighted by atomic mass is 35.5. The fourth-order valence-corrected chi connectivity index (χ4v) is 2.27. The van der Waals surface area contributed by atoms with Gasteiger partial charge in [-0.25, -0.2) is 4.98 Å². The zero-order valence-corrected chi connectivity index (χ0v) is 11.3. The van der Waals surface area contributed by atoms with Crippen molar-refractivity contribution in [3.05, 3.63) is 59.4 Å². The quantitative estimate of drug-likeness (QED) is 0.593. The molecule has 106 valence electrons. The number of hydrogen-bond acceptors (Lipinski definition) is 2. The summed E-state index contributed by atoms with van der Waals surface area (Å²) in [6, 6.07) is 9.98. The molecule has 2 aromatic heterocycles. The van der Waals surface area contributed by atoms with E-state index in [9.17, 15) is 13.2 Å². The molecule has 0 amide bonds. The van der Waals surface area contributed by atoms with E-state index in [2.05, 4.69) is 9.97 Å². The maximum atomic E-state index is 12.6. The molecule has 0 fully saturated rings. The van der Waals surface area contributed by atoms with E-state index in [1.165, 1.54) is 12.1 Å². The molecule has 0 aliphatic carbocycles. The van der Waals surface area contributed by atoms with Gasteiger partial charge in [0.05, 0.1) is 16.8 Å². The van der Waals surface area contributed by atoms with Crippen LogP contribution in [0.3, 0.4) is 0 Å². The van der Waals surface area contributed by atoms with E-state index in [0.717, 1.165) is 17.5 Å². The summed E-state index contributed by atoms with van der Waals surface area (Å²) in [4.78, 5) is 8.39. The van der Waals surface area contributed by atoms with Crippen molar-refractivity contribution in [1.29, 1.82) is 0 Å². The van der Waals surface area contributed by atoms with E-state index in [-0.39, 0.29) is 5.15 Å². The normalized spacial score (nSPS) is 11.8. The molecule has 0 unspecified atom stereocenters. The number of halogens is 4. The van der Waals surface area contributed by atoms with Crippen LogP contribution in [0, 0.1) is 0 Å². The molecule has 0 aliphatic heterocycles. The SMILES string of the molecule is FC(F)(F)c1ccc(-c2nc(Cl)cc3ncccc23)cc1. The highest BCUT2D eigenvalue weighted by molar-refractivity contribution is 6.30. The summed E-state index contributed by atoms with van der Waals surface area (Å²) in [5.74, 6) is 0. The van der Waals surface area contributed by atoms with Gasteiger partial charge in [-0.2, -0.15) is 13.2 Å². The summed E-state index contributed by atoms with van der Waals surface area (Å²) in [5, 5.41) is 0.984. The summed E-state index contributed by atoms with van der Waals surface area (Å²) >= 11 is 5.95. The Kier molecular flexibility index (Phi) is 3.29. The van der Waals surface area contributed by atoms with Crippen molar-refractivity contribution in [2.75, 3.05) is 0 Å². The van der Waals surface area contributed by atoms with Crippen LogP contribution in [0.15, 0.2) is 48.7 Å². The van der Waals surface area contributed by atoms with Gasteiger partial charge in [-0.15, -0.1) is 0 Å². The predicted molar refractivity (Wildman–Crippen MR) is 75.0 cm³/mol. The molecule has 0 aliphatic rings. The topological polar surface area (TPSA) is 25.8 Å². The summed E-state index contributed by atoms with van der Waals surface area (Å²) in [7, 11) is 0. The average molecular weight is 309 g/mol. The molecular formula is C15H8ClF3N2. The van der Waals surface area contributed by atoms with E-state index >= 15 is 0 Å². The van der Waals surface area contributed by atoms with Crippen molar-refractivity contribution >= 4 is 22.5 Å². The summed E-state index contributed by atoms with van der Waals surface area (Å²) in [6.45, 7) is 0. The van der Waals surface area contributed by atoms with Gasteiger partial charge in [0.2, 0.25) is 0 Å². The van der Waals surface area contributed by atoms with Crippen LogP contribution in [0.25, 0.3) is 22.2 Å². The highest BCUT2D eigenvalue weighted by Gasteiger charge is 2.30. The average Bonchev–Trinajstić information content (AvgIpc) is 2.45. The van der Waals surface area contributed by atoms with Gasteiger partial charge in [0.15, 0.2) is 0 Å². The summed E-state index contributed by atoms with van der Waals surface area (Å²) in [6.07, 6.45) is -2.74. The third-order valence-corrected chi connectivity index (χ3v) is 3.25. The number of nitrogens with zero attached hydrogens (tertiary/aromatic N) is 2. The number of alkyl halides is 3. The van der Waals surface area contributed by atoms with Crippen molar-refractivity contribution in [2.45, 2.75) is 6.18 Å². The van der Waals surface area contributed by atoms with Crippen molar-refractivity contribution < 1.29 is 13.2 Å². The number of pyridine rings is 2. The van der Waals surface area contributed by atoms with E-state index in [1.54, 1.807) is 24.4 Å². The lowest BCUT2D eigenvalue weighted by Crippen LogP contribution is -2.04. The standard InChI is InChI=1S/C15H8ClF3N2/c16-13-8-12-11(2-1-7-20-12)14(21-13)9-3-5-10(6-4-9)15(17,18)19/h1-8H. The summed E-state index contributed by atoms with van der Waals surface area (Å²) < 4.78 is 37.8. The molecule has 0 bridgehead atoms. The molecule has 2 heterocycles. The first-order chi connectivity index (χ1) is 9.95. The second kappa shape index (κ2) is 5.00. The smallest absolute Gasteiger partial charge is 0.256 e. The van der Waals surface area contributed by atoms with Crippen LogP contribution in [-0.2, 0) is 6.18 Å². The third kappa shape index (κ3) is 2.69. The maximum absolute atomic E-state index is 12.6. The minimum atomic E-state index is -4.36. The molecule has 0 spiro atoms. The van der Waals surface area contributed by atoms with Gasteiger partial charge in [-0.1, -0.05) is 23.7 Å². The van der Waals surface area contributed by atoms with Crippen molar-refractivity contribution in [2.24, 2.45) is 0 Å². The van der Waals surface area contributed by atoms with Crippen LogP contribution in [0.1, 0.15) is 5.56 Å². The Morgan fingerprint density at radius 2 is 1.71 bits per heavy atom. The van der Waals surface area contributed by atoms with E-state index in [4.69, 9.17) is 11.6 Å². The van der Waals surface area contributed by atoms with Gasteiger partial charge in [0.1, 0.15) is 5.15 Å². The van der Waals surface area contributed by atoms with Crippen LogP contribution in [-0.4, -0.2) is 9.97 Å². The Labute approximate surface area is 123 Å². The minimum absolute atomic E-state index is 0.246. The highest BCUT2D eigenvalue weighted by Crippen LogP contribution is 2.32. The number of fused-ring (bicyclic) bond motifs is 1. The fourth-order valence-electron chi connectivity index (χ4n) is 2.08. The first kappa shape index (κ1) is 13.8. The third-order valence-electron chi connectivity index (χ3n) is 3.05. The largest absolute Gasteiger partial charge is 0.416 e. The fraction of sp³-hybridized carbons (Fsp3) is 0.0667. The molecule has 0 radical (unpaired) electrons. The Bertz CT molecular complexity index is 798. The molecule has 0 saturated heterocycles. The lowest BCUT2D eigenvalue weighted by molar-refractivity contribution is -0.137. The molecule has 21 heavy (non-hydrogen) atoms.